The number of hydrogen-bond donors (Lipinski definition) is 0. The molecular weight excluding hydrogens is 333 g/mol. The number of hydrogen-bond acceptors (Lipinski definition) is 2. The fourth-order valence-corrected chi connectivity index (χ4v) is 1.27. The lowest BCUT2D eigenvalue weighted by Gasteiger charge is -2.02. The Kier molecular flexibility index (Phi) is 3.82. The van der Waals surface area contributed by atoms with Crippen LogP contribution in [0.2, 0.25) is 0 Å². The maximum Gasteiger partial charge on any atom is 0.148 e. The monoisotopic (exact) mass is 337 g/mol. The molecule has 4 heteroatoms. The van der Waals surface area contributed by atoms with E-state index >= 15 is 0 Å². The molecule has 0 bridgehead atoms. The smallest absolute Gasteiger partial charge is 0.148 e. The van der Waals surface area contributed by atoms with Gasteiger partial charge in [0.2, 0.25) is 0 Å². The van der Waals surface area contributed by atoms with E-state index in [0.717, 1.165) is 8.17 Å². The summed E-state index contributed by atoms with van der Waals surface area (Å²) in [5.74, 6) is 3.08. The lowest BCUT2D eigenvalue weighted by atomic mass is 10.5. The van der Waals surface area contributed by atoms with Gasteiger partial charge in [0.25, 0.3) is 0 Å². The van der Waals surface area contributed by atoms with Crippen molar-refractivity contribution in [3.05, 3.63) is 20.4 Å². The first kappa shape index (κ1) is 9.81. The minimum atomic E-state index is 0.277. The second-order valence-corrected chi connectivity index (χ2v) is 3.85. The van der Waals surface area contributed by atoms with Crippen molar-refractivity contribution >= 4 is 38.5 Å². The van der Waals surface area contributed by atoms with E-state index in [9.17, 15) is 0 Å². The Morgan fingerprint density at radius 1 is 1.75 bits per heavy atom. The normalized spacial score (nSPS) is 9.08. The van der Waals surface area contributed by atoms with E-state index in [0.29, 0.717) is 5.75 Å². The highest BCUT2D eigenvalue weighted by Crippen LogP contribution is 2.20. The van der Waals surface area contributed by atoms with Crippen LogP contribution < -0.4 is 4.74 Å². The van der Waals surface area contributed by atoms with Crippen LogP contribution in [0.5, 0.6) is 5.75 Å². The lowest BCUT2D eigenvalue weighted by molar-refractivity contribution is 0.368. The van der Waals surface area contributed by atoms with Gasteiger partial charge < -0.3 is 4.74 Å². The highest BCUT2D eigenvalue weighted by molar-refractivity contribution is 14.1. The number of pyridine rings is 1. The van der Waals surface area contributed by atoms with Gasteiger partial charge in [-0.2, -0.15) is 0 Å². The zero-order valence-corrected chi connectivity index (χ0v) is 9.79. The predicted molar refractivity (Wildman–Crippen MR) is 59.0 cm³/mol. The van der Waals surface area contributed by atoms with Crippen LogP contribution in [0.4, 0.5) is 0 Å². The molecule has 2 nitrogen and oxygen atoms in total. The molecule has 0 spiro atoms. The Bertz CT molecular complexity index is 321. The SMILES string of the molecule is C#CCOc1cnc(Br)c(I)c1. The zero-order chi connectivity index (χ0) is 8.97. The third kappa shape index (κ3) is 2.64. The molecule has 12 heavy (non-hydrogen) atoms. The Labute approximate surface area is 93.0 Å². The highest BCUT2D eigenvalue weighted by atomic mass is 127. The van der Waals surface area contributed by atoms with Gasteiger partial charge in [0.1, 0.15) is 17.0 Å². The summed E-state index contributed by atoms with van der Waals surface area (Å²) in [7, 11) is 0. The van der Waals surface area contributed by atoms with Gasteiger partial charge in [-0.25, -0.2) is 4.98 Å². The van der Waals surface area contributed by atoms with E-state index in [4.69, 9.17) is 11.2 Å². The molecule has 0 aliphatic carbocycles. The molecule has 1 aromatic heterocycles. The van der Waals surface area contributed by atoms with E-state index in [-0.39, 0.29) is 6.61 Å². The highest BCUT2D eigenvalue weighted by Gasteiger charge is 1.99. The molecular formula is C8H5BrINO. The summed E-state index contributed by atoms with van der Waals surface area (Å²) in [6.07, 6.45) is 6.67. The van der Waals surface area contributed by atoms with Crippen LogP contribution in [0.3, 0.4) is 0 Å². The summed E-state index contributed by atoms with van der Waals surface area (Å²) in [5, 5.41) is 0. The Balaban J connectivity index is 2.77. The van der Waals surface area contributed by atoms with Crippen molar-refractivity contribution in [2.24, 2.45) is 0 Å². The summed E-state index contributed by atoms with van der Waals surface area (Å²) in [6, 6.07) is 1.87. The summed E-state index contributed by atoms with van der Waals surface area (Å²) in [6.45, 7) is 0.277. The van der Waals surface area contributed by atoms with Crippen molar-refractivity contribution in [2.75, 3.05) is 6.61 Å². The minimum absolute atomic E-state index is 0.277. The maximum atomic E-state index is 5.17. The number of halogens is 2. The van der Waals surface area contributed by atoms with Crippen LogP contribution in [0.25, 0.3) is 0 Å². The molecule has 1 rings (SSSR count). The van der Waals surface area contributed by atoms with Crippen molar-refractivity contribution in [3.8, 4) is 18.1 Å². The summed E-state index contributed by atoms with van der Waals surface area (Å²) in [5.41, 5.74) is 0. The molecule has 0 aliphatic rings. The molecule has 0 aromatic carbocycles. The van der Waals surface area contributed by atoms with Gasteiger partial charge in [-0.3, -0.25) is 0 Å². The van der Waals surface area contributed by atoms with Crippen molar-refractivity contribution in [2.45, 2.75) is 0 Å². The molecule has 0 aliphatic heterocycles. The molecule has 0 radical (unpaired) electrons. The second kappa shape index (κ2) is 4.67. The molecule has 0 saturated carbocycles. The first-order valence-electron chi connectivity index (χ1n) is 3.11. The molecule has 1 heterocycles. The molecule has 0 amide bonds. The molecule has 0 saturated heterocycles. The first-order valence-corrected chi connectivity index (χ1v) is 4.98. The zero-order valence-electron chi connectivity index (χ0n) is 6.05. The van der Waals surface area contributed by atoms with Crippen LogP contribution in [0.1, 0.15) is 0 Å². The van der Waals surface area contributed by atoms with E-state index < -0.39 is 0 Å². The third-order valence-electron chi connectivity index (χ3n) is 1.09. The molecule has 0 unspecified atom stereocenters. The van der Waals surface area contributed by atoms with Crippen LogP contribution in [0, 0.1) is 15.9 Å². The number of rotatable bonds is 2. The molecule has 1 aromatic rings. The number of nitrogens with zero attached hydrogens (tertiary/aromatic N) is 1. The largest absolute Gasteiger partial charge is 0.479 e. The van der Waals surface area contributed by atoms with Gasteiger partial charge in [-0.15, -0.1) is 6.42 Å². The molecule has 0 fully saturated rings. The minimum Gasteiger partial charge on any atom is -0.479 e. The fourth-order valence-electron chi connectivity index (χ4n) is 0.608. The van der Waals surface area contributed by atoms with E-state index in [1.807, 2.05) is 6.07 Å². The van der Waals surface area contributed by atoms with Crippen molar-refractivity contribution in [1.82, 2.24) is 4.98 Å². The number of terminal acetylenes is 1. The van der Waals surface area contributed by atoms with Gasteiger partial charge in [0, 0.05) is 3.57 Å². The topological polar surface area (TPSA) is 22.1 Å². The Morgan fingerprint density at radius 2 is 2.50 bits per heavy atom. The number of aromatic nitrogens is 1. The standard InChI is InChI=1S/C8H5BrINO/c1-2-3-12-6-4-7(10)8(9)11-5-6/h1,4-5H,3H2. The third-order valence-corrected chi connectivity index (χ3v) is 3.29. The quantitative estimate of drug-likeness (QED) is 0.470. The van der Waals surface area contributed by atoms with Crippen LogP contribution in [-0.4, -0.2) is 11.6 Å². The van der Waals surface area contributed by atoms with Crippen molar-refractivity contribution < 1.29 is 4.74 Å². The first-order chi connectivity index (χ1) is 5.74. The fraction of sp³-hybridized carbons (Fsp3) is 0.125. The van der Waals surface area contributed by atoms with Gasteiger partial charge in [-0.1, -0.05) is 5.92 Å². The maximum absolute atomic E-state index is 5.17. The van der Waals surface area contributed by atoms with Crippen LogP contribution >= 0.6 is 38.5 Å². The van der Waals surface area contributed by atoms with Gasteiger partial charge in [-0.05, 0) is 44.6 Å². The van der Waals surface area contributed by atoms with Gasteiger partial charge >= 0.3 is 0 Å². The summed E-state index contributed by atoms with van der Waals surface area (Å²) < 4.78 is 6.98. The Morgan fingerprint density at radius 3 is 3.08 bits per heavy atom. The Hall–Kier alpha value is -0.280. The number of ether oxygens (including phenoxy) is 1. The second-order valence-electron chi connectivity index (χ2n) is 1.94. The van der Waals surface area contributed by atoms with Crippen LogP contribution in [-0.2, 0) is 0 Å². The average Bonchev–Trinajstić information content (AvgIpc) is 2.07. The van der Waals surface area contributed by atoms with E-state index in [1.54, 1.807) is 6.20 Å². The molecule has 0 atom stereocenters. The summed E-state index contributed by atoms with van der Waals surface area (Å²) >= 11 is 5.44. The van der Waals surface area contributed by atoms with Gasteiger partial charge in [0.15, 0.2) is 0 Å². The van der Waals surface area contributed by atoms with Crippen molar-refractivity contribution in [3.63, 3.8) is 0 Å². The van der Waals surface area contributed by atoms with Crippen molar-refractivity contribution in [1.29, 1.82) is 0 Å². The predicted octanol–water partition coefficient (Wildman–Crippen LogP) is 2.46. The lowest BCUT2D eigenvalue weighted by Crippen LogP contribution is -1.94. The molecule has 0 N–H and O–H groups in total. The average molecular weight is 338 g/mol. The van der Waals surface area contributed by atoms with E-state index in [2.05, 4.69) is 49.4 Å². The van der Waals surface area contributed by atoms with Crippen LogP contribution in [0.15, 0.2) is 16.9 Å². The van der Waals surface area contributed by atoms with E-state index in [1.165, 1.54) is 0 Å². The summed E-state index contributed by atoms with van der Waals surface area (Å²) in [4.78, 5) is 4.05. The molecule has 62 valence electrons. The van der Waals surface area contributed by atoms with Gasteiger partial charge in [0.05, 0.1) is 6.20 Å².